The molecule has 0 saturated heterocycles. The smallest absolute Gasteiger partial charge is 0.0426 e. The summed E-state index contributed by atoms with van der Waals surface area (Å²) in [6.07, 6.45) is 3.90. The van der Waals surface area contributed by atoms with Crippen LogP contribution in [0.25, 0.3) is 0 Å². The summed E-state index contributed by atoms with van der Waals surface area (Å²) < 4.78 is 0. The van der Waals surface area contributed by atoms with Gasteiger partial charge in [-0.1, -0.05) is 17.7 Å². The van der Waals surface area contributed by atoms with Crippen LogP contribution in [-0.4, -0.2) is 4.98 Å². The lowest BCUT2D eigenvalue weighted by molar-refractivity contribution is 1.14. The van der Waals surface area contributed by atoms with Crippen molar-refractivity contribution in [2.75, 3.05) is 5.32 Å². The molecule has 2 N–H and O–H groups in total. The minimum atomic E-state index is 0.761. The molecule has 1 heterocycles. The van der Waals surface area contributed by atoms with E-state index >= 15 is 0 Å². The molecule has 78 valence electrons. The molecule has 1 aromatic heterocycles. The van der Waals surface area contributed by atoms with Gasteiger partial charge >= 0.3 is 0 Å². The summed E-state index contributed by atoms with van der Waals surface area (Å²) in [6, 6.07) is 7.91. The standard InChI is InChI=1S/C12H13ClN2/c1-9-2-3-11(13)6-12(9)15-8-10-4-5-14-7-10/h2-7,14-15H,8H2,1H3. The van der Waals surface area contributed by atoms with Crippen LogP contribution < -0.4 is 5.32 Å². The molecule has 1 aromatic carbocycles. The average Bonchev–Trinajstić information content (AvgIpc) is 2.72. The summed E-state index contributed by atoms with van der Waals surface area (Å²) in [6.45, 7) is 2.88. The van der Waals surface area contributed by atoms with E-state index in [0.29, 0.717) is 0 Å². The highest BCUT2D eigenvalue weighted by molar-refractivity contribution is 6.30. The van der Waals surface area contributed by atoms with Crippen LogP contribution in [0.1, 0.15) is 11.1 Å². The Morgan fingerprint density at radius 2 is 2.20 bits per heavy atom. The third-order valence-electron chi connectivity index (χ3n) is 2.34. The first kappa shape index (κ1) is 10.1. The van der Waals surface area contributed by atoms with Gasteiger partial charge in [-0.05, 0) is 36.2 Å². The third kappa shape index (κ3) is 2.54. The zero-order valence-electron chi connectivity index (χ0n) is 8.55. The second-order valence-corrected chi connectivity index (χ2v) is 3.97. The van der Waals surface area contributed by atoms with Crippen LogP contribution in [0.3, 0.4) is 0 Å². The van der Waals surface area contributed by atoms with Crippen LogP contribution in [0.5, 0.6) is 0 Å². The van der Waals surface area contributed by atoms with Gasteiger partial charge < -0.3 is 10.3 Å². The van der Waals surface area contributed by atoms with E-state index in [9.17, 15) is 0 Å². The number of hydrogen-bond acceptors (Lipinski definition) is 1. The van der Waals surface area contributed by atoms with Crippen molar-refractivity contribution >= 4 is 17.3 Å². The number of aromatic amines is 1. The lowest BCUT2D eigenvalue weighted by atomic mass is 10.2. The number of benzene rings is 1. The Bertz CT molecular complexity index is 435. The highest BCUT2D eigenvalue weighted by atomic mass is 35.5. The number of nitrogens with one attached hydrogen (secondary N) is 2. The van der Waals surface area contributed by atoms with Crippen LogP contribution in [0.2, 0.25) is 5.02 Å². The summed E-state index contributed by atoms with van der Waals surface area (Å²) in [5.41, 5.74) is 3.52. The van der Waals surface area contributed by atoms with E-state index in [-0.39, 0.29) is 0 Å². The van der Waals surface area contributed by atoms with E-state index in [1.54, 1.807) is 0 Å². The summed E-state index contributed by atoms with van der Waals surface area (Å²) >= 11 is 5.93. The molecule has 0 aliphatic heterocycles. The molecular weight excluding hydrogens is 208 g/mol. The predicted octanol–water partition coefficient (Wildman–Crippen LogP) is 3.59. The number of aryl methyl sites for hydroxylation is 1. The summed E-state index contributed by atoms with van der Waals surface area (Å²) in [7, 11) is 0. The number of anilines is 1. The van der Waals surface area contributed by atoms with Crippen molar-refractivity contribution < 1.29 is 0 Å². The zero-order chi connectivity index (χ0) is 10.7. The fourth-order valence-electron chi connectivity index (χ4n) is 1.45. The Labute approximate surface area is 94.3 Å². The average molecular weight is 221 g/mol. The first-order valence-electron chi connectivity index (χ1n) is 4.87. The largest absolute Gasteiger partial charge is 0.381 e. The Hall–Kier alpha value is -1.41. The van der Waals surface area contributed by atoms with Gasteiger partial charge in [-0.2, -0.15) is 0 Å². The van der Waals surface area contributed by atoms with Crippen molar-refractivity contribution in [3.63, 3.8) is 0 Å². The highest BCUT2D eigenvalue weighted by Crippen LogP contribution is 2.20. The maximum atomic E-state index is 5.93. The predicted molar refractivity (Wildman–Crippen MR) is 64.3 cm³/mol. The monoisotopic (exact) mass is 220 g/mol. The van der Waals surface area contributed by atoms with Crippen LogP contribution in [0.4, 0.5) is 5.69 Å². The lowest BCUT2D eigenvalue weighted by Crippen LogP contribution is -1.99. The van der Waals surface area contributed by atoms with E-state index in [1.165, 1.54) is 11.1 Å². The number of hydrogen-bond donors (Lipinski definition) is 2. The second-order valence-electron chi connectivity index (χ2n) is 3.53. The first-order chi connectivity index (χ1) is 7.25. The van der Waals surface area contributed by atoms with E-state index < -0.39 is 0 Å². The number of rotatable bonds is 3. The lowest BCUT2D eigenvalue weighted by Gasteiger charge is -2.08. The van der Waals surface area contributed by atoms with Crippen molar-refractivity contribution in [1.82, 2.24) is 4.98 Å². The number of halogens is 1. The zero-order valence-corrected chi connectivity index (χ0v) is 9.31. The third-order valence-corrected chi connectivity index (χ3v) is 2.58. The van der Waals surface area contributed by atoms with Crippen molar-refractivity contribution in [3.8, 4) is 0 Å². The van der Waals surface area contributed by atoms with Gasteiger partial charge in [0.2, 0.25) is 0 Å². The molecule has 0 spiro atoms. The van der Waals surface area contributed by atoms with E-state index in [1.807, 2.05) is 36.7 Å². The maximum absolute atomic E-state index is 5.93. The van der Waals surface area contributed by atoms with Crippen molar-refractivity contribution in [3.05, 3.63) is 52.8 Å². The van der Waals surface area contributed by atoms with E-state index in [2.05, 4.69) is 17.2 Å². The van der Waals surface area contributed by atoms with E-state index in [4.69, 9.17) is 11.6 Å². The van der Waals surface area contributed by atoms with Gasteiger partial charge in [-0.3, -0.25) is 0 Å². The van der Waals surface area contributed by atoms with Gasteiger partial charge in [0, 0.05) is 29.6 Å². The summed E-state index contributed by atoms with van der Waals surface area (Å²) in [4.78, 5) is 3.03. The Morgan fingerprint density at radius 3 is 2.93 bits per heavy atom. The maximum Gasteiger partial charge on any atom is 0.0426 e. The van der Waals surface area contributed by atoms with Gasteiger partial charge in [-0.25, -0.2) is 0 Å². The number of aromatic nitrogens is 1. The van der Waals surface area contributed by atoms with E-state index in [0.717, 1.165) is 17.3 Å². The van der Waals surface area contributed by atoms with Crippen molar-refractivity contribution in [2.45, 2.75) is 13.5 Å². The SMILES string of the molecule is Cc1ccc(Cl)cc1NCc1cc[nH]c1. The molecule has 0 radical (unpaired) electrons. The Kier molecular flexibility index (Phi) is 2.97. The van der Waals surface area contributed by atoms with Gasteiger partial charge in [0.05, 0.1) is 0 Å². The Balaban J connectivity index is 2.07. The van der Waals surface area contributed by atoms with Crippen LogP contribution in [0, 0.1) is 6.92 Å². The Morgan fingerprint density at radius 1 is 1.33 bits per heavy atom. The molecule has 2 aromatic rings. The summed E-state index contributed by atoms with van der Waals surface area (Å²) in [5.74, 6) is 0. The van der Waals surface area contributed by atoms with Gasteiger partial charge in [0.25, 0.3) is 0 Å². The molecule has 0 aliphatic rings. The summed E-state index contributed by atoms with van der Waals surface area (Å²) in [5, 5.41) is 4.11. The van der Waals surface area contributed by atoms with Crippen molar-refractivity contribution in [1.29, 1.82) is 0 Å². The fraction of sp³-hybridized carbons (Fsp3) is 0.167. The molecule has 0 amide bonds. The molecule has 3 heteroatoms. The first-order valence-corrected chi connectivity index (χ1v) is 5.25. The molecule has 15 heavy (non-hydrogen) atoms. The molecular formula is C12H13ClN2. The molecule has 0 atom stereocenters. The van der Waals surface area contributed by atoms with Gasteiger partial charge in [-0.15, -0.1) is 0 Å². The molecule has 2 rings (SSSR count). The fourth-order valence-corrected chi connectivity index (χ4v) is 1.62. The minimum Gasteiger partial charge on any atom is -0.381 e. The molecule has 0 saturated carbocycles. The second kappa shape index (κ2) is 4.41. The van der Waals surface area contributed by atoms with Crippen LogP contribution >= 0.6 is 11.6 Å². The quantitative estimate of drug-likeness (QED) is 0.813. The molecule has 2 nitrogen and oxygen atoms in total. The molecule has 0 unspecified atom stereocenters. The number of H-pyrrole nitrogens is 1. The molecule has 0 bridgehead atoms. The van der Waals surface area contributed by atoms with Crippen LogP contribution in [-0.2, 0) is 6.54 Å². The normalized spacial score (nSPS) is 10.3. The van der Waals surface area contributed by atoms with Crippen LogP contribution in [0.15, 0.2) is 36.7 Å². The topological polar surface area (TPSA) is 27.8 Å². The molecule has 0 aliphatic carbocycles. The highest BCUT2D eigenvalue weighted by Gasteiger charge is 1.99. The minimum absolute atomic E-state index is 0.761. The van der Waals surface area contributed by atoms with Gasteiger partial charge in [0.15, 0.2) is 0 Å². The molecule has 0 fully saturated rings. The van der Waals surface area contributed by atoms with Gasteiger partial charge in [0.1, 0.15) is 0 Å². The van der Waals surface area contributed by atoms with Crippen molar-refractivity contribution in [2.24, 2.45) is 0 Å².